The molecule has 1 N–H and O–H groups in total. The van der Waals surface area contributed by atoms with E-state index in [1.165, 1.54) is 4.90 Å². The summed E-state index contributed by atoms with van der Waals surface area (Å²) in [5.74, 6) is 0.169. The molecule has 7 nitrogen and oxygen atoms in total. The molecule has 2 aliphatic heterocycles. The Morgan fingerprint density at radius 2 is 2.08 bits per heavy atom. The average molecular weight is 334 g/mol. The fourth-order valence-electron chi connectivity index (χ4n) is 2.89. The molecule has 0 saturated carbocycles. The third-order valence-corrected chi connectivity index (χ3v) is 4.33. The Kier molecular flexibility index (Phi) is 4.73. The lowest BCUT2D eigenvalue weighted by Crippen LogP contribution is -2.51. The number of carbonyl (C=O) groups excluding carboxylic acids is 2. The number of anilines is 1. The lowest BCUT2D eigenvalue weighted by Gasteiger charge is -2.35. The molecular weight excluding hydrogens is 312 g/mol. The van der Waals surface area contributed by atoms with Crippen molar-refractivity contribution in [1.82, 2.24) is 4.90 Å². The Labute approximate surface area is 140 Å². The van der Waals surface area contributed by atoms with Crippen LogP contribution < -0.4 is 9.64 Å². The summed E-state index contributed by atoms with van der Waals surface area (Å²) >= 11 is 0. The summed E-state index contributed by atoms with van der Waals surface area (Å²) in [6.07, 6.45) is -1.31. The van der Waals surface area contributed by atoms with Gasteiger partial charge in [-0.25, -0.2) is 0 Å². The summed E-state index contributed by atoms with van der Waals surface area (Å²) < 4.78 is 10.9. The number of fused-ring (bicyclic) bond motifs is 1. The zero-order valence-corrected chi connectivity index (χ0v) is 13.9. The van der Waals surface area contributed by atoms with E-state index in [1.54, 1.807) is 36.9 Å². The largest absolute Gasteiger partial charge is 0.479 e. The topological polar surface area (TPSA) is 79.3 Å². The highest BCUT2D eigenvalue weighted by atomic mass is 16.5. The van der Waals surface area contributed by atoms with E-state index < -0.39 is 12.2 Å². The van der Waals surface area contributed by atoms with Crippen LogP contribution in [0.3, 0.4) is 0 Å². The zero-order valence-electron chi connectivity index (χ0n) is 13.9. The molecule has 0 aromatic heterocycles. The van der Waals surface area contributed by atoms with Crippen LogP contribution in [-0.4, -0.2) is 60.8 Å². The van der Waals surface area contributed by atoms with E-state index in [0.717, 1.165) is 0 Å². The summed E-state index contributed by atoms with van der Waals surface area (Å²) in [5, 5.41) is 9.78. The lowest BCUT2D eigenvalue weighted by molar-refractivity contribution is -0.136. The van der Waals surface area contributed by atoms with Gasteiger partial charge in [0.1, 0.15) is 12.3 Å². The van der Waals surface area contributed by atoms with Crippen molar-refractivity contribution in [1.29, 1.82) is 0 Å². The number of hydrogen-bond donors (Lipinski definition) is 1. The molecular formula is C17H22N2O5. The highest BCUT2D eigenvalue weighted by Crippen LogP contribution is 2.36. The van der Waals surface area contributed by atoms with Crippen molar-refractivity contribution in [2.24, 2.45) is 0 Å². The predicted octanol–water partition coefficient (Wildman–Crippen LogP) is 0.713. The third kappa shape index (κ3) is 3.22. The van der Waals surface area contributed by atoms with Gasteiger partial charge in [0, 0.05) is 13.1 Å². The maximum atomic E-state index is 12.5. The van der Waals surface area contributed by atoms with Crippen molar-refractivity contribution in [2.45, 2.75) is 26.1 Å². The summed E-state index contributed by atoms with van der Waals surface area (Å²) in [4.78, 5) is 28.2. The van der Waals surface area contributed by atoms with Gasteiger partial charge in [0.05, 0.1) is 25.0 Å². The highest BCUT2D eigenvalue weighted by Gasteiger charge is 2.34. The monoisotopic (exact) mass is 334 g/mol. The second kappa shape index (κ2) is 6.78. The van der Waals surface area contributed by atoms with Crippen LogP contribution in [0.25, 0.3) is 0 Å². The maximum absolute atomic E-state index is 12.5. The molecule has 24 heavy (non-hydrogen) atoms. The average Bonchev–Trinajstić information content (AvgIpc) is 2.59. The molecule has 7 heteroatoms. The molecule has 2 atom stereocenters. The fourth-order valence-corrected chi connectivity index (χ4v) is 2.89. The second-order valence-electron chi connectivity index (χ2n) is 6.08. The molecule has 0 unspecified atom stereocenters. The third-order valence-electron chi connectivity index (χ3n) is 4.33. The number of amides is 2. The molecule has 2 amide bonds. The van der Waals surface area contributed by atoms with Crippen LogP contribution in [0.5, 0.6) is 5.75 Å². The SMILES string of the molecule is C[C@@H]1Oc2ccc([C@H](C)O)cc2N(CC(=O)N2CCOCC2)C1=O. The molecule has 3 rings (SSSR count). The summed E-state index contributed by atoms with van der Waals surface area (Å²) in [6.45, 7) is 5.38. The fraction of sp³-hybridized carbons (Fsp3) is 0.529. The molecule has 1 aromatic carbocycles. The van der Waals surface area contributed by atoms with Crippen molar-refractivity contribution in [3.8, 4) is 5.75 Å². The first-order chi connectivity index (χ1) is 11.5. The standard InChI is InChI=1S/C17H22N2O5/c1-11(20)13-3-4-15-14(9-13)19(17(22)12(2)24-15)10-16(21)18-5-7-23-8-6-18/h3-4,9,11-12,20H,5-8,10H2,1-2H3/t11-,12-/m0/s1. The van der Waals surface area contributed by atoms with Crippen LogP contribution >= 0.6 is 0 Å². The van der Waals surface area contributed by atoms with Crippen LogP contribution in [0, 0.1) is 0 Å². The minimum Gasteiger partial charge on any atom is -0.479 e. The Balaban J connectivity index is 1.87. The van der Waals surface area contributed by atoms with E-state index in [9.17, 15) is 14.7 Å². The number of carbonyl (C=O) groups is 2. The summed E-state index contributed by atoms with van der Waals surface area (Å²) in [7, 11) is 0. The van der Waals surface area contributed by atoms with Gasteiger partial charge in [0.2, 0.25) is 5.91 Å². The van der Waals surface area contributed by atoms with Gasteiger partial charge in [-0.2, -0.15) is 0 Å². The molecule has 0 bridgehead atoms. The first-order valence-electron chi connectivity index (χ1n) is 8.13. The van der Waals surface area contributed by atoms with Gasteiger partial charge in [-0.05, 0) is 31.5 Å². The minimum absolute atomic E-state index is 0.0389. The van der Waals surface area contributed by atoms with Gasteiger partial charge >= 0.3 is 0 Å². The number of ether oxygens (including phenoxy) is 2. The number of morpholine rings is 1. The van der Waals surface area contributed by atoms with Gasteiger partial charge in [0.25, 0.3) is 5.91 Å². The lowest BCUT2D eigenvalue weighted by atomic mass is 10.1. The Bertz CT molecular complexity index is 640. The molecule has 1 aromatic rings. The number of aliphatic hydroxyl groups excluding tert-OH is 1. The molecule has 1 saturated heterocycles. The Morgan fingerprint density at radius 3 is 2.75 bits per heavy atom. The zero-order chi connectivity index (χ0) is 17.3. The van der Waals surface area contributed by atoms with E-state index in [2.05, 4.69) is 0 Å². The first-order valence-corrected chi connectivity index (χ1v) is 8.13. The van der Waals surface area contributed by atoms with Crippen molar-refractivity contribution < 1.29 is 24.2 Å². The maximum Gasteiger partial charge on any atom is 0.268 e. The smallest absolute Gasteiger partial charge is 0.268 e. The quantitative estimate of drug-likeness (QED) is 0.881. The molecule has 1 fully saturated rings. The highest BCUT2D eigenvalue weighted by molar-refractivity contribution is 6.03. The number of rotatable bonds is 3. The number of nitrogens with zero attached hydrogens (tertiary/aromatic N) is 2. The van der Waals surface area contributed by atoms with Crippen molar-refractivity contribution in [2.75, 3.05) is 37.7 Å². The Morgan fingerprint density at radius 1 is 1.38 bits per heavy atom. The Hall–Kier alpha value is -2.12. The normalized spacial score (nSPS) is 22.0. The minimum atomic E-state index is -0.665. The van der Waals surface area contributed by atoms with Crippen LogP contribution in [0.1, 0.15) is 25.5 Å². The van der Waals surface area contributed by atoms with E-state index in [-0.39, 0.29) is 18.4 Å². The van der Waals surface area contributed by atoms with Crippen molar-refractivity contribution in [3.05, 3.63) is 23.8 Å². The van der Waals surface area contributed by atoms with E-state index in [4.69, 9.17) is 9.47 Å². The van der Waals surface area contributed by atoms with E-state index >= 15 is 0 Å². The number of hydrogen-bond acceptors (Lipinski definition) is 5. The van der Waals surface area contributed by atoms with E-state index in [1.807, 2.05) is 0 Å². The van der Waals surface area contributed by atoms with Crippen LogP contribution in [0.4, 0.5) is 5.69 Å². The van der Waals surface area contributed by atoms with Gasteiger partial charge in [-0.15, -0.1) is 0 Å². The molecule has 130 valence electrons. The predicted molar refractivity (Wildman–Crippen MR) is 86.9 cm³/mol. The summed E-state index contributed by atoms with van der Waals surface area (Å²) in [6, 6.07) is 5.19. The van der Waals surface area contributed by atoms with Crippen molar-refractivity contribution in [3.63, 3.8) is 0 Å². The van der Waals surface area contributed by atoms with Crippen molar-refractivity contribution >= 4 is 17.5 Å². The molecule has 2 aliphatic rings. The summed E-state index contributed by atoms with van der Waals surface area (Å²) in [5.41, 5.74) is 1.20. The molecule has 0 spiro atoms. The van der Waals surface area contributed by atoms with Crippen LogP contribution in [0.2, 0.25) is 0 Å². The van der Waals surface area contributed by atoms with E-state index in [0.29, 0.717) is 43.3 Å². The molecule has 2 heterocycles. The number of aliphatic hydroxyl groups is 1. The second-order valence-corrected chi connectivity index (χ2v) is 6.08. The molecule has 0 aliphatic carbocycles. The van der Waals surface area contributed by atoms with Gasteiger partial charge in [-0.1, -0.05) is 6.07 Å². The number of benzene rings is 1. The van der Waals surface area contributed by atoms with Gasteiger partial charge in [0.15, 0.2) is 6.10 Å². The first kappa shape index (κ1) is 16.7. The van der Waals surface area contributed by atoms with Gasteiger partial charge < -0.3 is 19.5 Å². The van der Waals surface area contributed by atoms with Crippen LogP contribution in [-0.2, 0) is 14.3 Å². The van der Waals surface area contributed by atoms with Gasteiger partial charge in [-0.3, -0.25) is 14.5 Å². The molecule has 0 radical (unpaired) electrons. The van der Waals surface area contributed by atoms with Crippen LogP contribution in [0.15, 0.2) is 18.2 Å².